The van der Waals surface area contributed by atoms with E-state index in [1.54, 1.807) is 63.9 Å². The van der Waals surface area contributed by atoms with Crippen LogP contribution < -0.4 is 45.6 Å². The lowest BCUT2D eigenvalue weighted by Gasteiger charge is -2.41. The number of aromatic nitrogens is 5. The Hall–Kier alpha value is -7.09. The maximum absolute atomic E-state index is 12.9. The molecule has 0 bridgehead atoms. The van der Waals surface area contributed by atoms with E-state index in [-0.39, 0.29) is 41.1 Å². The number of aryl methyl sites for hydroxylation is 2. The van der Waals surface area contributed by atoms with Gasteiger partial charge in [0.15, 0.2) is 18.2 Å². The van der Waals surface area contributed by atoms with Gasteiger partial charge < -0.3 is 48.6 Å². The van der Waals surface area contributed by atoms with E-state index < -0.39 is 21.2 Å². The number of benzene rings is 3. The third-order valence-corrected chi connectivity index (χ3v) is 14.6. The highest BCUT2D eigenvalue weighted by Crippen LogP contribution is 2.40. The van der Waals surface area contributed by atoms with Gasteiger partial charge in [-0.3, -0.25) is 19.1 Å². The molecular weight excluding hydrogens is 962 g/mol. The Morgan fingerprint density at radius 2 is 1.67 bits per heavy atom. The number of pyridine rings is 2. The minimum atomic E-state index is -3.57. The first kappa shape index (κ1) is 51.3. The topological polar surface area (TPSA) is 213 Å². The van der Waals surface area contributed by atoms with E-state index >= 15 is 0 Å². The Bertz CT molecular complexity index is 3380. The Morgan fingerprint density at radius 1 is 0.917 bits per heavy atom. The lowest BCUT2D eigenvalue weighted by Crippen LogP contribution is -2.44. The molecule has 0 spiro atoms. The van der Waals surface area contributed by atoms with Crippen molar-refractivity contribution in [1.29, 1.82) is 0 Å². The predicted octanol–water partition coefficient (Wildman–Crippen LogP) is 8.51. The summed E-state index contributed by atoms with van der Waals surface area (Å²) in [4.78, 5) is 52.1. The van der Waals surface area contributed by atoms with Crippen LogP contribution in [-0.4, -0.2) is 88.7 Å². The molecule has 3 aromatic carbocycles. The fraction of sp³-hybridized carbons (Fsp3) is 0.365. The quantitative estimate of drug-likeness (QED) is 0.0599. The van der Waals surface area contributed by atoms with Crippen molar-refractivity contribution in [2.24, 2.45) is 20.0 Å². The zero-order valence-electron chi connectivity index (χ0n) is 41.6. The molecule has 0 radical (unpaired) electrons. The van der Waals surface area contributed by atoms with E-state index in [9.17, 15) is 22.8 Å². The third kappa shape index (κ3) is 11.6. The second-order valence-corrected chi connectivity index (χ2v) is 21.4. The number of nitrogens with zero attached hydrogens (tertiary/aromatic N) is 5. The van der Waals surface area contributed by atoms with E-state index in [1.165, 1.54) is 16.2 Å². The van der Waals surface area contributed by atoms with Crippen molar-refractivity contribution >= 4 is 72.5 Å². The van der Waals surface area contributed by atoms with Gasteiger partial charge in [-0.05, 0) is 114 Å². The van der Waals surface area contributed by atoms with Gasteiger partial charge in [-0.15, -0.1) is 0 Å². The van der Waals surface area contributed by atoms with Gasteiger partial charge >= 0.3 is 0 Å². The standard InChI is InChI=1S/C52H60ClN9O9S/c1-9-72(66,67)59-35-14-16-43(39(27-35)40-30-60(7)49(65)46-38(40)17-21-55-46)70-36-11-10-12-37(28-36)71-51(2,3)20-24-69-52(4,5)33-18-22-62(23-19-33)50-56-29-41(53)47(58-50)57-34-13-15-42-32(25-34)26-44(48(64)61(42)8)68-31-45(63)54-6/h10-17,21,25-30,33,55,59H,9,18-20,22-24,31H2,1-8H3,(H,54,63)(H,56,57,58). The molecular formula is C52H60ClN9O9S. The number of sulfonamides is 1. The number of piperidine rings is 1. The van der Waals surface area contributed by atoms with Crippen LogP contribution in [0.2, 0.25) is 5.02 Å². The Morgan fingerprint density at radius 3 is 2.42 bits per heavy atom. The largest absolute Gasteiger partial charge is 0.488 e. The molecule has 1 aliphatic rings. The van der Waals surface area contributed by atoms with Crippen molar-refractivity contribution in [3.63, 3.8) is 0 Å². The Kier molecular flexibility index (Phi) is 14.9. The molecule has 5 heterocycles. The number of carbonyl (C=O) groups is 1. The van der Waals surface area contributed by atoms with Crippen LogP contribution in [0.3, 0.4) is 0 Å². The molecule has 1 amide bonds. The summed E-state index contributed by atoms with van der Waals surface area (Å²) in [5.74, 6) is 2.44. The number of ether oxygens (including phenoxy) is 4. The van der Waals surface area contributed by atoms with E-state index in [1.807, 2.05) is 62.4 Å². The fourth-order valence-electron chi connectivity index (χ4n) is 8.76. The molecule has 0 saturated carbocycles. The molecule has 1 fully saturated rings. The van der Waals surface area contributed by atoms with E-state index in [0.29, 0.717) is 86.0 Å². The lowest BCUT2D eigenvalue weighted by molar-refractivity contribution is -0.122. The molecule has 1 aliphatic heterocycles. The van der Waals surface area contributed by atoms with Crippen LogP contribution in [0.5, 0.6) is 23.0 Å². The van der Waals surface area contributed by atoms with Crippen LogP contribution in [0, 0.1) is 5.92 Å². The van der Waals surface area contributed by atoms with Gasteiger partial charge in [-0.2, -0.15) is 4.98 Å². The second kappa shape index (κ2) is 20.9. The number of H-pyrrole nitrogens is 1. The lowest BCUT2D eigenvalue weighted by atomic mass is 9.83. The van der Waals surface area contributed by atoms with Crippen LogP contribution in [0.4, 0.5) is 23.1 Å². The van der Waals surface area contributed by atoms with E-state index in [4.69, 9.17) is 35.5 Å². The highest BCUT2D eigenvalue weighted by atomic mass is 35.5. The third-order valence-electron chi connectivity index (χ3n) is 13.0. The number of hydrogen-bond donors (Lipinski definition) is 4. The summed E-state index contributed by atoms with van der Waals surface area (Å²) >= 11 is 6.61. The molecule has 4 N–H and O–H groups in total. The number of likely N-dealkylation sites (N-methyl/N-ethyl adjacent to an activating group) is 1. The summed E-state index contributed by atoms with van der Waals surface area (Å²) in [7, 11) is 1.25. The van der Waals surface area contributed by atoms with Crippen molar-refractivity contribution in [3.05, 3.63) is 117 Å². The minimum Gasteiger partial charge on any atom is -0.488 e. The van der Waals surface area contributed by atoms with Crippen molar-refractivity contribution < 1.29 is 32.2 Å². The van der Waals surface area contributed by atoms with Gasteiger partial charge in [0.05, 0.1) is 29.7 Å². The van der Waals surface area contributed by atoms with Crippen LogP contribution in [-0.2, 0) is 33.7 Å². The highest BCUT2D eigenvalue weighted by Gasteiger charge is 2.35. The molecule has 380 valence electrons. The highest BCUT2D eigenvalue weighted by molar-refractivity contribution is 7.92. The number of carbonyl (C=O) groups excluding carboxylic acids is 1. The Balaban J connectivity index is 0.874. The zero-order valence-corrected chi connectivity index (χ0v) is 43.2. The summed E-state index contributed by atoms with van der Waals surface area (Å²) in [6.07, 6.45) is 7.33. The van der Waals surface area contributed by atoms with Crippen molar-refractivity contribution in [1.82, 2.24) is 29.4 Å². The average Bonchev–Trinajstić information content (AvgIpc) is 3.85. The number of amides is 1. The van der Waals surface area contributed by atoms with Gasteiger partial charge in [-0.25, -0.2) is 13.4 Å². The normalized spacial score (nSPS) is 13.6. The van der Waals surface area contributed by atoms with E-state index in [0.717, 1.165) is 31.3 Å². The van der Waals surface area contributed by atoms with Crippen LogP contribution in [0.1, 0.15) is 53.9 Å². The van der Waals surface area contributed by atoms with Crippen LogP contribution in [0.25, 0.3) is 32.9 Å². The number of aromatic amines is 1. The molecule has 0 unspecified atom stereocenters. The Labute approximate surface area is 422 Å². The molecule has 7 aromatic rings. The fourth-order valence-corrected chi connectivity index (χ4v) is 9.53. The molecule has 0 aliphatic carbocycles. The smallest absolute Gasteiger partial charge is 0.293 e. The summed E-state index contributed by atoms with van der Waals surface area (Å²) in [5, 5.41) is 7.53. The summed E-state index contributed by atoms with van der Waals surface area (Å²) in [6, 6.07) is 21.4. The van der Waals surface area contributed by atoms with Gasteiger partial charge in [0.1, 0.15) is 33.4 Å². The van der Waals surface area contributed by atoms with Gasteiger partial charge in [-0.1, -0.05) is 17.7 Å². The number of fused-ring (bicyclic) bond motifs is 2. The van der Waals surface area contributed by atoms with Crippen LogP contribution >= 0.6 is 11.6 Å². The van der Waals surface area contributed by atoms with Crippen LogP contribution in [0.15, 0.2) is 101 Å². The first-order chi connectivity index (χ1) is 34.2. The predicted molar refractivity (Wildman–Crippen MR) is 282 cm³/mol. The van der Waals surface area contributed by atoms with Crippen molar-refractivity contribution in [2.75, 3.05) is 54.0 Å². The number of hydrogen-bond acceptors (Lipinski definition) is 13. The molecule has 20 heteroatoms. The minimum absolute atomic E-state index is 0.0634. The molecule has 1 saturated heterocycles. The number of halogens is 1. The molecule has 8 rings (SSSR count). The van der Waals surface area contributed by atoms with Gasteiger partial charge in [0.2, 0.25) is 16.0 Å². The van der Waals surface area contributed by atoms with Crippen molar-refractivity contribution in [2.45, 2.75) is 65.1 Å². The molecule has 18 nitrogen and oxygen atoms in total. The average molecular weight is 1020 g/mol. The molecule has 0 atom stereocenters. The summed E-state index contributed by atoms with van der Waals surface area (Å²) in [6.45, 7) is 11.5. The summed E-state index contributed by atoms with van der Waals surface area (Å²) in [5.41, 5.74) is 1.86. The number of anilines is 4. The van der Waals surface area contributed by atoms with E-state index in [2.05, 4.69) is 44.1 Å². The monoisotopic (exact) mass is 1020 g/mol. The van der Waals surface area contributed by atoms with Gasteiger partial charge in [0.25, 0.3) is 17.0 Å². The maximum atomic E-state index is 12.9. The second-order valence-electron chi connectivity index (χ2n) is 18.9. The first-order valence-corrected chi connectivity index (χ1v) is 25.7. The SMILES string of the molecule is CCS(=O)(=O)Nc1ccc(Oc2cccc(OC(C)(C)CCOC(C)(C)C3CCN(c4ncc(Cl)c(Nc5ccc6c(c5)cc(OCC(=O)NC)c(=O)n6C)n4)CC3)c2)c(-c2cn(C)c(=O)c3[nH]ccc23)c1. The molecule has 72 heavy (non-hydrogen) atoms. The first-order valence-electron chi connectivity index (χ1n) is 23.7. The van der Waals surface area contributed by atoms with Gasteiger partial charge in [0, 0.05) is 92.4 Å². The maximum Gasteiger partial charge on any atom is 0.293 e. The number of rotatable bonds is 19. The molecule has 4 aromatic heterocycles. The summed E-state index contributed by atoms with van der Waals surface area (Å²) < 4.78 is 55.9. The number of nitrogens with one attached hydrogen (secondary N) is 4. The van der Waals surface area contributed by atoms with Crippen molar-refractivity contribution in [3.8, 4) is 34.1 Å². The zero-order chi connectivity index (χ0) is 51.5.